The van der Waals surface area contributed by atoms with E-state index in [9.17, 15) is 0 Å². The molecule has 2 aromatic rings. The SMILES string of the molecule is Cc1ccccc1OCc1cccc2c1NCC2. The second kappa shape index (κ2) is 4.73. The quantitative estimate of drug-likeness (QED) is 0.884. The van der Waals surface area contributed by atoms with Gasteiger partial charge in [0.15, 0.2) is 0 Å². The highest BCUT2D eigenvalue weighted by atomic mass is 16.5. The fourth-order valence-corrected chi connectivity index (χ4v) is 2.41. The minimum atomic E-state index is 0.626. The summed E-state index contributed by atoms with van der Waals surface area (Å²) in [4.78, 5) is 0. The van der Waals surface area contributed by atoms with Crippen molar-refractivity contribution in [2.45, 2.75) is 20.0 Å². The van der Waals surface area contributed by atoms with Gasteiger partial charge in [0.1, 0.15) is 12.4 Å². The van der Waals surface area contributed by atoms with Crippen LogP contribution in [0.15, 0.2) is 42.5 Å². The third-order valence-corrected chi connectivity index (χ3v) is 3.41. The van der Waals surface area contributed by atoms with E-state index in [1.165, 1.54) is 22.4 Å². The van der Waals surface area contributed by atoms with Crippen LogP contribution in [0.4, 0.5) is 5.69 Å². The lowest BCUT2D eigenvalue weighted by molar-refractivity contribution is 0.304. The third kappa shape index (κ3) is 2.06. The molecule has 0 amide bonds. The summed E-state index contributed by atoms with van der Waals surface area (Å²) in [6, 6.07) is 14.6. The first kappa shape index (κ1) is 11.1. The molecule has 3 rings (SSSR count). The lowest BCUT2D eigenvalue weighted by Gasteiger charge is -2.12. The van der Waals surface area contributed by atoms with Gasteiger partial charge in [0.05, 0.1) is 0 Å². The van der Waals surface area contributed by atoms with Gasteiger partial charge in [0.25, 0.3) is 0 Å². The van der Waals surface area contributed by atoms with Crippen molar-refractivity contribution in [3.63, 3.8) is 0 Å². The number of rotatable bonds is 3. The summed E-state index contributed by atoms with van der Waals surface area (Å²) in [6.45, 7) is 3.74. The molecule has 2 nitrogen and oxygen atoms in total. The maximum absolute atomic E-state index is 5.91. The average molecular weight is 239 g/mol. The summed E-state index contributed by atoms with van der Waals surface area (Å²) >= 11 is 0. The molecule has 0 bridgehead atoms. The molecule has 0 saturated heterocycles. The number of aryl methyl sites for hydroxylation is 1. The summed E-state index contributed by atoms with van der Waals surface area (Å²) in [7, 11) is 0. The normalized spacial score (nSPS) is 12.9. The van der Waals surface area contributed by atoms with Crippen molar-refractivity contribution in [2.75, 3.05) is 11.9 Å². The van der Waals surface area contributed by atoms with Gasteiger partial charge < -0.3 is 10.1 Å². The molecule has 0 saturated carbocycles. The molecule has 0 unspecified atom stereocenters. The van der Waals surface area contributed by atoms with E-state index in [4.69, 9.17) is 4.74 Å². The first-order chi connectivity index (χ1) is 8.84. The standard InChI is InChI=1S/C16H17NO/c1-12-5-2-3-8-15(12)18-11-14-7-4-6-13-9-10-17-16(13)14/h2-8,17H,9-11H2,1H3. The first-order valence-corrected chi connectivity index (χ1v) is 6.37. The van der Waals surface area contributed by atoms with Crippen LogP contribution in [0, 0.1) is 6.92 Å². The third-order valence-electron chi connectivity index (χ3n) is 3.41. The Morgan fingerprint density at radius 1 is 1.11 bits per heavy atom. The van der Waals surface area contributed by atoms with Crippen LogP contribution in [0.3, 0.4) is 0 Å². The molecule has 1 N–H and O–H groups in total. The molecule has 18 heavy (non-hydrogen) atoms. The van der Waals surface area contributed by atoms with E-state index in [2.05, 4.69) is 36.5 Å². The second-order valence-electron chi connectivity index (χ2n) is 4.68. The summed E-state index contributed by atoms with van der Waals surface area (Å²) < 4.78 is 5.91. The number of ether oxygens (including phenoxy) is 1. The Labute approximate surface area is 108 Å². The van der Waals surface area contributed by atoms with Crippen molar-refractivity contribution >= 4 is 5.69 Å². The summed E-state index contributed by atoms with van der Waals surface area (Å²) in [5.41, 5.74) is 5.10. The maximum atomic E-state index is 5.91. The van der Waals surface area contributed by atoms with Crippen molar-refractivity contribution < 1.29 is 4.74 Å². The predicted molar refractivity (Wildman–Crippen MR) is 74.1 cm³/mol. The van der Waals surface area contributed by atoms with Crippen LogP contribution in [0.25, 0.3) is 0 Å². The highest BCUT2D eigenvalue weighted by Crippen LogP contribution is 2.27. The Kier molecular flexibility index (Phi) is 2.93. The van der Waals surface area contributed by atoms with Crippen molar-refractivity contribution in [1.82, 2.24) is 0 Å². The van der Waals surface area contributed by atoms with Gasteiger partial charge in [-0.1, -0.05) is 36.4 Å². The van der Waals surface area contributed by atoms with E-state index in [1.54, 1.807) is 0 Å². The Morgan fingerprint density at radius 2 is 2.00 bits per heavy atom. The van der Waals surface area contributed by atoms with Crippen molar-refractivity contribution in [1.29, 1.82) is 0 Å². The number of hydrogen-bond donors (Lipinski definition) is 1. The number of fused-ring (bicyclic) bond motifs is 1. The molecule has 1 aliphatic rings. The highest BCUT2D eigenvalue weighted by Gasteiger charge is 2.13. The van der Waals surface area contributed by atoms with Crippen molar-refractivity contribution in [3.05, 3.63) is 59.2 Å². The maximum Gasteiger partial charge on any atom is 0.122 e. The Morgan fingerprint density at radius 3 is 2.89 bits per heavy atom. The molecule has 2 heteroatoms. The zero-order chi connectivity index (χ0) is 12.4. The van der Waals surface area contributed by atoms with E-state index in [-0.39, 0.29) is 0 Å². The number of nitrogens with one attached hydrogen (secondary N) is 1. The lowest BCUT2D eigenvalue weighted by atomic mass is 10.1. The Bertz CT molecular complexity index is 563. The number of anilines is 1. The zero-order valence-corrected chi connectivity index (χ0v) is 10.6. The van der Waals surface area contributed by atoms with Crippen molar-refractivity contribution in [2.24, 2.45) is 0 Å². The van der Waals surface area contributed by atoms with Crippen LogP contribution < -0.4 is 10.1 Å². The van der Waals surface area contributed by atoms with Crippen LogP contribution in [0.2, 0.25) is 0 Å². The van der Waals surface area contributed by atoms with Gasteiger partial charge in [0, 0.05) is 17.8 Å². The fraction of sp³-hybridized carbons (Fsp3) is 0.250. The molecule has 1 aliphatic heterocycles. The van der Waals surface area contributed by atoms with Crippen LogP contribution in [0.1, 0.15) is 16.7 Å². The number of para-hydroxylation sites is 2. The number of hydrogen-bond acceptors (Lipinski definition) is 2. The lowest BCUT2D eigenvalue weighted by Crippen LogP contribution is -2.01. The minimum Gasteiger partial charge on any atom is -0.489 e. The van der Waals surface area contributed by atoms with E-state index in [0.29, 0.717) is 6.61 Å². The molecule has 0 spiro atoms. The summed E-state index contributed by atoms with van der Waals surface area (Å²) in [5, 5.41) is 3.44. The van der Waals surface area contributed by atoms with Gasteiger partial charge in [0.2, 0.25) is 0 Å². The van der Waals surface area contributed by atoms with E-state index in [0.717, 1.165) is 18.7 Å². The largest absolute Gasteiger partial charge is 0.489 e. The topological polar surface area (TPSA) is 21.3 Å². The molecular weight excluding hydrogens is 222 g/mol. The highest BCUT2D eigenvalue weighted by molar-refractivity contribution is 5.61. The van der Waals surface area contributed by atoms with Gasteiger partial charge >= 0.3 is 0 Å². The van der Waals surface area contributed by atoms with E-state index in [1.807, 2.05) is 18.2 Å². The average Bonchev–Trinajstić information content (AvgIpc) is 2.86. The van der Waals surface area contributed by atoms with Crippen LogP contribution in [-0.2, 0) is 13.0 Å². The zero-order valence-electron chi connectivity index (χ0n) is 10.6. The van der Waals surface area contributed by atoms with Crippen LogP contribution >= 0.6 is 0 Å². The minimum absolute atomic E-state index is 0.626. The molecule has 1 heterocycles. The first-order valence-electron chi connectivity index (χ1n) is 6.37. The Balaban J connectivity index is 1.78. The van der Waals surface area contributed by atoms with Gasteiger partial charge in [-0.25, -0.2) is 0 Å². The summed E-state index contributed by atoms with van der Waals surface area (Å²) in [6.07, 6.45) is 1.12. The Hall–Kier alpha value is -1.96. The molecule has 2 aromatic carbocycles. The molecule has 0 atom stereocenters. The molecular formula is C16H17NO. The monoisotopic (exact) mass is 239 g/mol. The molecule has 0 fully saturated rings. The molecule has 0 aliphatic carbocycles. The van der Waals surface area contributed by atoms with Gasteiger partial charge in [-0.05, 0) is 30.5 Å². The smallest absolute Gasteiger partial charge is 0.122 e. The fourth-order valence-electron chi connectivity index (χ4n) is 2.41. The van der Waals surface area contributed by atoms with E-state index >= 15 is 0 Å². The molecule has 0 radical (unpaired) electrons. The number of benzene rings is 2. The van der Waals surface area contributed by atoms with E-state index < -0.39 is 0 Å². The van der Waals surface area contributed by atoms with Crippen molar-refractivity contribution in [3.8, 4) is 5.75 Å². The second-order valence-corrected chi connectivity index (χ2v) is 4.68. The van der Waals surface area contributed by atoms with Crippen LogP contribution in [-0.4, -0.2) is 6.54 Å². The predicted octanol–water partition coefficient (Wildman–Crippen LogP) is 3.54. The van der Waals surface area contributed by atoms with Crippen LogP contribution in [0.5, 0.6) is 5.75 Å². The van der Waals surface area contributed by atoms with Gasteiger partial charge in [-0.2, -0.15) is 0 Å². The summed E-state index contributed by atoms with van der Waals surface area (Å²) in [5.74, 6) is 0.966. The van der Waals surface area contributed by atoms with Gasteiger partial charge in [-0.3, -0.25) is 0 Å². The molecule has 0 aromatic heterocycles. The van der Waals surface area contributed by atoms with Gasteiger partial charge in [-0.15, -0.1) is 0 Å². The molecule has 92 valence electrons.